The van der Waals surface area contributed by atoms with Gasteiger partial charge in [0.25, 0.3) is 0 Å². The quantitative estimate of drug-likeness (QED) is 0.299. The maximum absolute atomic E-state index is 13.9. The van der Waals surface area contributed by atoms with Crippen LogP contribution in [0.1, 0.15) is 40.0 Å². The summed E-state index contributed by atoms with van der Waals surface area (Å²) in [6, 6.07) is 0.328. The van der Waals surface area contributed by atoms with E-state index >= 15 is 0 Å². The molecular weight excluding hydrogens is 395 g/mol. The minimum Gasteiger partial charge on any atom is -0.387 e. The van der Waals surface area contributed by atoms with Crippen LogP contribution in [0, 0.1) is 0 Å². The Morgan fingerprint density at radius 1 is 0.692 bits per heavy atom. The minimum atomic E-state index is -6.96. The normalized spacial score (nSPS) is 16.0. The second kappa shape index (κ2) is 8.70. The van der Waals surface area contributed by atoms with Crippen molar-refractivity contribution in [2.24, 2.45) is 0 Å². The molecule has 0 aliphatic carbocycles. The molecule has 0 radical (unpaired) electrons. The van der Waals surface area contributed by atoms with Crippen LogP contribution in [0.25, 0.3) is 0 Å². The molecule has 0 fully saturated rings. The molecule has 0 amide bonds. The molecule has 0 aromatic rings. The van der Waals surface area contributed by atoms with Crippen LogP contribution in [0.5, 0.6) is 0 Å². The first-order valence-electron chi connectivity index (χ1n) is 8.44. The monoisotopic (exact) mass is 420 g/mol. The highest BCUT2D eigenvalue weighted by Gasteiger charge is 2.83. The van der Waals surface area contributed by atoms with Crippen LogP contribution < -0.4 is 0 Å². The molecule has 1 N–H and O–H groups in total. The van der Waals surface area contributed by atoms with E-state index in [1.807, 2.05) is 0 Å². The van der Waals surface area contributed by atoms with Gasteiger partial charge in [0, 0.05) is 0 Å². The predicted molar refractivity (Wildman–Crippen MR) is 82.8 cm³/mol. The molecule has 0 aliphatic rings. The molecule has 0 saturated heterocycles. The molecule has 26 heavy (non-hydrogen) atoms. The lowest BCUT2D eigenvalue weighted by Crippen LogP contribution is -2.65. The molecule has 0 aromatic heterocycles. The van der Waals surface area contributed by atoms with Crippen molar-refractivity contribution in [2.45, 2.75) is 94.3 Å². The standard InChI is InChI=1S/C15H25F9OSi/c1-4-7-26(8-5-2,9-6-3)10-11(25)12(16,17)13(18,19)14(20,21)15(22,23)24/h11,25H,4-10H2,1-3H3. The number of hydrogen-bond acceptors (Lipinski definition) is 1. The largest absolute Gasteiger partial charge is 0.460 e. The zero-order valence-corrected chi connectivity index (χ0v) is 15.9. The Balaban J connectivity index is 5.82. The van der Waals surface area contributed by atoms with Gasteiger partial charge in [-0.2, -0.15) is 39.5 Å². The van der Waals surface area contributed by atoms with E-state index in [0.717, 1.165) is 0 Å². The van der Waals surface area contributed by atoms with E-state index in [0.29, 0.717) is 37.4 Å². The molecule has 0 heterocycles. The van der Waals surface area contributed by atoms with Crippen LogP contribution in [0.2, 0.25) is 24.2 Å². The lowest BCUT2D eigenvalue weighted by molar-refractivity contribution is -0.404. The van der Waals surface area contributed by atoms with Gasteiger partial charge in [0.05, 0.1) is 8.07 Å². The van der Waals surface area contributed by atoms with E-state index in [9.17, 15) is 44.6 Å². The molecule has 0 aliphatic heterocycles. The van der Waals surface area contributed by atoms with E-state index in [-0.39, 0.29) is 0 Å². The van der Waals surface area contributed by atoms with Gasteiger partial charge in [-0.05, 0) is 6.04 Å². The minimum absolute atomic E-state index is 0.392. The maximum atomic E-state index is 13.9. The Morgan fingerprint density at radius 2 is 1.04 bits per heavy atom. The van der Waals surface area contributed by atoms with E-state index in [4.69, 9.17) is 0 Å². The highest BCUT2D eigenvalue weighted by molar-refractivity contribution is 6.80. The van der Waals surface area contributed by atoms with Crippen molar-refractivity contribution in [1.82, 2.24) is 0 Å². The van der Waals surface area contributed by atoms with E-state index < -0.39 is 44.2 Å². The van der Waals surface area contributed by atoms with Gasteiger partial charge in [-0.15, -0.1) is 0 Å². The highest BCUT2D eigenvalue weighted by Crippen LogP contribution is 2.55. The van der Waals surface area contributed by atoms with Crippen molar-refractivity contribution in [3.63, 3.8) is 0 Å². The zero-order valence-electron chi connectivity index (χ0n) is 14.9. The Kier molecular flexibility index (Phi) is 8.55. The van der Waals surface area contributed by atoms with Gasteiger partial charge in [0.1, 0.15) is 6.10 Å². The Labute approximate surface area is 148 Å². The molecule has 0 spiro atoms. The Morgan fingerprint density at radius 3 is 1.31 bits per heavy atom. The van der Waals surface area contributed by atoms with Crippen LogP contribution in [-0.2, 0) is 0 Å². The Hall–Kier alpha value is -0.453. The molecule has 0 saturated carbocycles. The van der Waals surface area contributed by atoms with Crippen LogP contribution in [0.15, 0.2) is 0 Å². The Bertz CT molecular complexity index is 420. The zero-order chi connectivity index (χ0) is 21.0. The third kappa shape index (κ3) is 4.88. The van der Waals surface area contributed by atoms with Crippen molar-refractivity contribution in [1.29, 1.82) is 0 Å². The molecule has 158 valence electrons. The van der Waals surface area contributed by atoms with Gasteiger partial charge < -0.3 is 5.11 Å². The van der Waals surface area contributed by atoms with E-state index in [2.05, 4.69) is 0 Å². The first-order valence-corrected chi connectivity index (χ1v) is 11.3. The third-order valence-electron chi connectivity index (χ3n) is 4.55. The van der Waals surface area contributed by atoms with Gasteiger partial charge in [-0.1, -0.05) is 58.2 Å². The first-order chi connectivity index (χ1) is 11.6. The molecule has 1 nitrogen and oxygen atoms in total. The summed E-state index contributed by atoms with van der Waals surface area (Å²) in [7, 11) is -2.74. The highest BCUT2D eigenvalue weighted by atomic mass is 28.3. The van der Waals surface area contributed by atoms with Gasteiger partial charge in [-0.3, -0.25) is 0 Å². The van der Waals surface area contributed by atoms with Crippen LogP contribution in [-0.4, -0.2) is 43.2 Å². The number of hydrogen-bond donors (Lipinski definition) is 1. The van der Waals surface area contributed by atoms with Gasteiger partial charge in [-0.25, -0.2) is 0 Å². The van der Waals surface area contributed by atoms with Crippen molar-refractivity contribution < 1.29 is 44.6 Å². The molecule has 11 heteroatoms. The first kappa shape index (κ1) is 25.5. The smallest absolute Gasteiger partial charge is 0.387 e. The SMILES string of the molecule is CCC[Si](CCC)(CCC)CC(O)C(F)(F)C(F)(F)C(F)(F)C(F)(F)F. The van der Waals surface area contributed by atoms with E-state index in [1.165, 1.54) is 0 Å². The van der Waals surface area contributed by atoms with Crippen molar-refractivity contribution in [2.75, 3.05) is 0 Å². The summed E-state index contributed by atoms with van der Waals surface area (Å²) in [4.78, 5) is 0. The number of alkyl halides is 9. The third-order valence-corrected chi connectivity index (χ3v) is 10.5. The lowest BCUT2D eigenvalue weighted by atomic mass is 10.00. The fourth-order valence-corrected chi connectivity index (χ4v) is 9.03. The van der Waals surface area contributed by atoms with Crippen LogP contribution in [0.3, 0.4) is 0 Å². The van der Waals surface area contributed by atoms with Crippen molar-refractivity contribution in [3.05, 3.63) is 0 Å². The fourth-order valence-electron chi connectivity index (χ4n) is 3.41. The number of halogens is 9. The average molecular weight is 420 g/mol. The summed E-state index contributed by atoms with van der Waals surface area (Å²) >= 11 is 0. The molecule has 1 unspecified atom stereocenters. The van der Waals surface area contributed by atoms with Crippen LogP contribution in [0.4, 0.5) is 39.5 Å². The van der Waals surface area contributed by atoms with E-state index in [1.54, 1.807) is 20.8 Å². The molecule has 1 atom stereocenters. The summed E-state index contributed by atoms with van der Waals surface area (Å²) < 4.78 is 117. The fraction of sp³-hybridized carbons (Fsp3) is 1.00. The lowest BCUT2D eigenvalue weighted by Gasteiger charge is -2.39. The van der Waals surface area contributed by atoms with Gasteiger partial charge in [0.2, 0.25) is 0 Å². The van der Waals surface area contributed by atoms with Gasteiger partial charge in [0.15, 0.2) is 0 Å². The summed E-state index contributed by atoms with van der Waals surface area (Å²) in [6.45, 7) is 5.18. The topological polar surface area (TPSA) is 20.2 Å². The number of aliphatic hydroxyl groups excluding tert-OH is 1. The summed E-state index contributed by atoms with van der Waals surface area (Å²) in [5, 5.41) is 9.66. The maximum Gasteiger partial charge on any atom is 0.460 e. The van der Waals surface area contributed by atoms with Crippen molar-refractivity contribution >= 4 is 8.07 Å². The van der Waals surface area contributed by atoms with Crippen molar-refractivity contribution in [3.8, 4) is 0 Å². The second-order valence-electron chi connectivity index (χ2n) is 6.74. The summed E-state index contributed by atoms with van der Waals surface area (Å²) in [6.07, 6.45) is -8.61. The molecule has 0 aromatic carbocycles. The number of rotatable bonds is 11. The molecule has 0 bridgehead atoms. The van der Waals surface area contributed by atoms with Gasteiger partial charge >= 0.3 is 23.9 Å². The molecular formula is C15H25F9OSi. The predicted octanol–water partition coefficient (Wildman–Crippen LogP) is 6.49. The summed E-state index contributed by atoms with van der Waals surface area (Å²) in [5.74, 6) is -19.6. The number of aliphatic hydroxyl groups is 1. The van der Waals surface area contributed by atoms with Crippen LogP contribution >= 0.6 is 0 Å². The second-order valence-corrected chi connectivity index (χ2v) is 11.6. The molecule has 0 rings (SSSR count). The average Bonchev–Trinajstić information content (AvgIpc) is 2.46. The summed E-state index contributed by atoms with van der Waals surface area (Å²) in [5.41, 5.74) is 0.